The molecule has 9 rings (SSSR count). The lowest BCUT2D eigenvalue weighted by molar-refractivity contribution is -0.382. The van der Waals surface area contributed by atoms with Crippen LogP contribution in [0.3, 0.4) is 0 Å². The van der Waals surface area contributed by atoms with E-state index >= 15 is 0 Å². The van der Waals surface area contributed by atoms with E-state index in [1.54, 1.807) is 0 Å². The van der Waals surface area contributed by atoms with E-state index in [2.05, 4.69) is 40.3 Å². The normalized spacial score (nSPS) is 50.2. The molecule has 5 heterocycles. The average molecular weight is 1140 g/mol. The predicted octanol–water partition coefficient (Wildman–Crippen LogP) is 0.257. The van der Waals surface area contributed by atoms with Crippen molar-refractivity contribution in [3.8, 4) is 0 Å². The molecule has 0 aromatic carbocycles. The van der Waals surface area contributed by atoms with Gasteiger partial charge in [-0.15, -0.1) is 6.58 Å². The van der Waals surface area contributed by atoms with Crippen LogP contribution in [0.25, 0.3) is 0 Å². The van der Waals surface area contributed by atoms with Crippen molar-refractivity contribution in [2.75, 3.05) is 26.9 Å². The summed E-state index contributed by atoms with van der Waals surface area (Å²) in [5, 5.41) is 88.2. The van der Waals surface area contributed by atoms with Gasteiger partial charge in [-0.1, -0.05) is 44.9 Å². The van der Waals surface area contributed by atoms with Crippen LogP contribution < -0.4 is 0 Å². The number of hydrogen-bond acceptors (Lipinski definition) is 23. The fraction of sp³-hybridized carbons (Fsp3) is 0.887. The van der Waals surface area contributed by atoms with E-state index in [1.165, 1.54) is 19.6 Å². The molecular formula is C53H82O24S. The number of allylic oxidation sites excluding steroid dienone is 3. The number of esters is 1. The number of cyclic esters (lactones) is 1. The van der Waals surface area contributed by atoms with Gasteiger partial charge in [0.05, 0.1) is 43.4 Å². The molecule has 24 nitrogen and oxygen atoms in total. The largest absolute Gasteiger partial charge is 0.458 e. The van der Waals surface area contributed by atoms with E-state index in [0.29, 0.717) is 32.1 Å². The molecule has 0 amide bonds. The Morgan fingerprint density at radius 2 is 1.44 bits per heavy atom. The molecule has 4 aliphatic carbocycles. The number of fused-ring (bicyclic) bond motifs is 4. The maximum atomic E-state index is 14.4. The molecule has 0 radical (unpaired) electrons. The van der Waals surface area contributed by atoms with Crippen LogP contribution in [0.4, 0.5) is 0 Å². The van der Waals surface area contributed by atoms with Crippen LogP contribution in [0.1, 0.15) is 106 Å². The second kappa shape index (κ2) is 22.1. The lowest BCUT2D eigenvalue weighted by Crippen LogP contribution is -2.65. The number of aliphatic hydroxyl groups excluding tert-OH is 8. The van der Waals surface area contributed by atoms with Gasteiger partial charge in [0.15, 0.2) is 25.2 Å². The Hall–Kier alpha value is -2.19. The summed E-state index contributed by atoms with van der Waals surface area (Å²) in [7, 11) is -3.94. The van der Waals surface area contributed by atoms with Crippen LogP contribution in [-0.4, -0.2) is 215 Å². The Morgan fingerprint density at radius 3 is 2.10 bits per heavy atom. The molecule has 0 aromatic rings. The van der Waals surface area contributed by atoms with Crippen LogP contribution >= 0.6 is 0 Å². The summed E-state index contributed by atoms with van der Waals surface area (Å²) in [6.07, 6.45) is -22.0. The van der Waals surface area contributed by atoms with Crippen molar-refractivity contribution in [2.24, 2.45) is 39.4 Å². The lowest BCUT2D eigenvalue weighted by atomic mass is 9.41. The Kier molecular flexibility index (Phi) is 17.1. The predicted molar refractivity (Wildman–Crippen MR) is 265 cm³/mol. The zero-order chi connectivity index (χ0) is 57.0. The van der Waals surface area contributed by atoms with Gasteiger partial charge < -0.3 is 88.2 Å². The van der Waals surface area contributed by atoms with E-state index in [4.69, 9.17) is 51.6 Å². The van der Waals surface area contributed by atoms with Crippen molar-refractivity contribution in [2.45, 2.75) is 229 Å². The second-order valence-electron chi connectivity index (χ2n) is 24.8. The fourth-order valence-corrected chi connectivity index (χ4v) is 16.3. The Balaban J connectivity index is 0.892. The topological polar surface area (TPSA) is 352 Å². The molecule has 26 atom stereocenters. The summed E-state index contributed by atoms with van der Waals surface area (Å²) >= 11 is 0. The zero-order valence-corrected chi connectivity index (χ0v) is 46.3. The minimum absolute atomic E-state index is 0.000668. The summed E-state index contributed by atoms with van der Waals surface area (Å²) in [5.41, 5.74) is -1.28. The minimum atomic E-state index is -5.15. The molecule has 0 bridgehead atoms. The van der Waals surface area contributed by atoms with Crippen molar-refractivity contribution in [1.82, 2.24) is 0 Å². The molecule has 9 N–H and O–H groups in total. The molecule has 3 saturated carbocycles. The number of hydrogen-bond donors (Lipinski definition) is 9. The molecule has 0 aromatic heterocycles. The molecule has 8 fully saturated rings. The highest BCUT2D eigenvalue weighted by Gasteiger charge is 2.79. The summed E-state index contributed by atoms with van der Waals surface area (Å²) in [6, 6.07) is 0. The first-order valence-electron chi connectivity index (χ1n) is 27.3. The summed E-state index contributed by atoms with van der Waals surface area (Å²) in [5.74, 6) is -0.823. The van der Waals surface area contributed by atoms with Crippen LogP contribution in [0, 0.1) is 39.4 Å². The monoisotopic (exact) mass is 1130 g/mol. The number of ketones is 1. The Bertz CT molecular complexity index is 2370. The van der Waals surface area contributed by atoms with E-state index in [1.807, 2.05) is 13.8 Å². The van der Waals surface area contributed by atoms with Crippen LogP contribution in [0.2, 0.25) is 0 Å². The number of ether oxygens (including phenoxy) is 10. The first-order valence-corrected chi connectivity index (χ1v) is 28.7. The van der Waals surface area contributed by atoms with E-state index < -0.39 is 175 Å². The van der Waals surface area contributed by atoms with Crippen molar-refractivity contribution in [3.63, 3.8) is 0 Å². The summed E-state index contributed by atoms with van der Waals surface area (Å²) < 4.78 is 97.7. The molecule has 5 saturated heterocycles. The van der Waals surface area contributed by atoms with Crippen LogP contribution in [-0.2, 0) is 71.5 Å². The van der Waals surface area contributed by atoms with Crippen LogP contribution in [0.5, 0.6) is 0 Å². The average Bonchev–Trinajstić information content (AvgIpc) is 3.04. The van der Waals surface area contributed by atoms with Gasteiger partial charge in [0, 0.05) is 13.5 Å². The maximum Gasteiger partial charge on any atom is 0.397 e. The third-order valence-corrected chi connectivity index (χ3v) is 20.2. The van der Waals surface area contributed by atoms with Gasteiger partial charge in [-0.05, 0) is 100 Å². The highest BCUT2D eigenvalue weighted by atomic mass is 32.3. The molecule has 26 unspecified atom stereocenters. The summed E-state index contributed by atoms with van der Waals surface area (Å²) in [6.45, 7) is 16.1. The molecule has 444 valence electrons. The zero-order valence-electron chi connectivity index (χ0n) is 45.5. The third-order valence-electron chi connectivity index (χ3n) is 19.7. The van der Waals surface area contributed by atoms with Gasteiger partial charge in [-0.2, -0.15) is 8.42 Å². The first kappa shape index (κ1) is 60.4. The molecule has 9 aliphatic rings. The van der Waals surface area contributed by atoms with Gasteiger partial charge in [0.25, 0.3) is 0 Å². The third kappa shape index (κ3) is 10.2. The van der Waals surface area contributed by atoms with Gasteiger partial charge >= 0.3 is 16.4 Å². The van der Waals surface area contributed by atoms with Crippen LogP contribution in [0.15, 0.2) is 23.8 Å². The molecule has 25 heteroatoms. The number of Topliss-reactive ketones (excluding diaryl/α,β-unsaturated/α-hetero) is 1. The van der Waals surface area contributed by atoms with E-state index in [0.717, 1.165) is 24.8 Å². The highest BCUT2D eigenvalue weighted by Crippen LogP contribution is 2.75. The smallest absolute Gasteiger partial charge is 0.397 e. The maximum absolute atomic E-state index is 14.4. The molecule has 5 aliphatic heterocycles. The number of rotatable bonds is 16. The van der Waals surface area contributed by atoms with Gasteiger partial charge in [0.1, 0.15) is 90.7 Å². The Morgan fingerprint density at radius 1 is 0.782 bits per heavy atom. The molecular weight excluding hydrogens is 1050 g/mol. The van der Waals surface area contributed by atoms with Gasteiger partial charge in [0.2, 0.25) is 0 Å². The van der Waals surface area contributed by atoms with Crippen molar-refractivity contribution >= 4 is 22.2 Å². The number of carbonyl (C=O) groups is 2. The van der Waals surface area contributed by atoms with Crippen molar-refractivity contribution in [1.29, 1.82) is 0 Å². The van der Waals surface area contributed by atoms with E-state index in [-0.39, 0.29) is 35.4 Å². The van der Waals surface area contributed by atoms with Gasteiger partial charge in [-0.25, -0.2) is 4.18 Å². The lowest BCUT2D eigenvalue weighted by Gasteiger charge is -2.63. The second-order valence-corrected chi connectivity index (χ2v) is 25.9. The first-order chi connectivity index (χ1) is 36.5. The number of aliphatic hydroxyl groups is 8. The Labute approximate surface area is 454 Å². The molecule has 1 spiro atoms. The standard InChI is InChI=1S/C53H82O24S/c1-23(2)11-10-16-52(8)43-27(55)19-51(7)26-12-13-31-49(4,5)32(15-17-50(31,6)25(26)14-18-53(43,51)48(63)76-52)72-47-42(34(58)30(22-69-47)77-78(64,65)66)75-45-36(60)35(59)39(24(3)70-45)73-44-37(61)40(28(56)21-68-44)74-46-38(62)41(67-9)33(57)29(20-54)71-46/h14,24,26,28-47,54,56-62H,1,10-13,15-22H2,2-9H3,(H,64,65,66). The van der Waals surface area contributed by atoms with Crippen molar-refractivity contribution in [3.05, 3.63) is 23.8 Å². The number of carbonyl (C=O) groups excluding carboxylic acids is 2. The number of methoxy groups -OCH3 is 1. The quantitative estimate of drug-likeness (QED) is 0.0433. The minimum Gasteiger partial charge on any atom is -0.458 e. The molecule has 78 heavy (non-hydrogen) atoms. The fourth-order valence-electron chi connectivity index (χ4n) is 15.8. The summed E-state index contributed by atoms with van der Waals surface area (Å²) in [4.78, 5) is 28.7. The van der Waals surface area contributed by atoms with Crippen molar-refractivity contribution < 1.29 is 115 Å². The highest BCUT2D eigenvalue weighted by molar-refractivity contribution is 7.80. The van der Waals surface area contributed by atoms with Gasteiger partial charge in [-0.3, -0.25) is 14.1 Å². The SMILES string of the molecule is C=C(C)CCCC1(C)OC(=O)C23CC=C4C(CCC5C4(C)CCC(OC4OCC(OS(=O)(=O)O)C(O)C4OC4OC(C)C(OC6OCC(O)C(OC7OC(CO)C(O)C(OC)C7O)C6O)C(O)C4O)C5(C)C)C2(C)CC(=O)C13. The van der Waals surface area contributed by atoms with E-state index in [9.17, 15) is 63.4 Å².